The van der Waals surface area contributed by atoms with Crippen LogP contribution in [0.1, 0.15) is 27.7 Å². The molecule has 1 aromatic rings. The van der Waals surface area contributed by atoms with E-state index in [0.717, 1.165) is 12.1 Å². The van der Waals surface area contributed by atoms with E-state index in [-0.39, 0.29) is 0 Å². The van der Waals surface area contributed by atoms with Gasteiger partial charge in [-0.1, -0.05) is 12.1 Å². The van der Waals surface area contributed by atoms with E-state index in [1.807, 2.05) is 10.0 Å². The second-order valence-corrected chi connectivity index (χ2v) is 8.32. The van der Waals surface area contributed by atoms with Crippen molar-refractivity contribution in [3.63, 3.8) is 0 Å². The fourth-order valence-electron chi connectivity index (χ4n) is 1.80. The number of amides is 3. The van der Waals surface area contributed by atoms with E-state index in [4.69, 9.17) is 0 Å². The van der Waals surface area contributed by atoms with Crippen LogP contribution in [-0.4, -0.2) is 44.5 Å². The summed E-state index contributed by atoms with van der Waals surface area (Å²) < 4.78 is 44.4. The normalized spacial score (nSPS) is 12.8. The maximum Gasteiger partial charge on any atom is 0.324 e. The zero-order valence-electron chi connectivity index (χ0n) is 15.3. The largest absolute Gasteiger partial charge is 0.454 e. The first-order chi connectivity index (χ1) is 12.3. The fourth-order valence-corrected chi connectivity index (χ4v) is 3.07. The number of urea groups is 1. The Morgan fingerprint density at radius 3 is 2.33 bits per heavy atom. The van der Waals surface area contributed by atoms with E-state index >= 15 is 0 Å². The van der Waals surface area contributed by atoms with Gasteiger partial charge in [-0.3, -0.25) is 14.9 Å². The highest BCUT2D eigenvalue weighted by molar-refractivity contribution is 7.89. The van der Waals surface area contributed by atoms with Gasteiger partial charge in [0.25, 0.3) is 5.91 Å². The number of rotatable bonds is 6. The van der Waals surface area contributed by atoms with Crippen molar-refractivity contribution in [3.8, 4) is 0 Å². The van der Waals surface area contributed by atoms with E-state index in [0.29, 0.717) is 0 Å². The van der Waals surface area contributed by atoms with Crippen molar-refractivity contribution in [2.75, 3.05) is 6.61 Å². The number of halogens is 1. The van der Waals surface area contributed by atoms with Gasteiger partial charge in [0.05, 0.1) is 0 Å². The minimum absolute atomic E-state index is 0.569. The maximum absolute atomic E-state index is 13.6. The van der Waals surface area contributed by atoms with Crippen LogP contribution >= 0.6 is 0 Å². The van der Waals surface area contributed by atoms with Crippen molar-refractivity contribution in [1.29, 1.82) is 0 Å². The Bertz CT molecular complexity index is 820. The number of imide groups is 1. The second-order valence-electron chi connectivity index (χ2n) is 6.63. The summed E-state index contributed by atoms with van der Waals surface area (Å²) in [6, 6.07) is 2.50. The molecular weight excluding hydrogens is 381 g/mol. The molecule has 3 N–H and O–H groups in total. The van der Waals surface area contributed by atoms with Gasteiger partial charge in [0.1, 0.15) is 16.8 Å². The van der Waals surface area contributed by atoms with Crippen LogP contribution in [0.25, 0.3) is 0 Å². The number of hydrogen-bond donors (Lipinski definition) is 3. The Labute approximate surface area is 156 Å². The Balaban J connectivity index is 2.56. The highest BCUT2D eigenvalue weighted by Gasteiger charge is 2.26. The number of benzene rings is 1. The predicted molar refractivity (Wildman–Crippen MR) is 93.6 cm³/mol. The van der Waals surface area contributed by atoms with Crippen molar-refractivity contribution in [3.05, 3.63) is 30.1 Å². The fraction of sp³-hybridized carbons (Fsp3) is 0.438. The van der Waals surface area contributed by atoms with Crippen molar-refractivity contribution in [1.82, 2.24) is 15.4 Å². The van der Waals surface area contributed by atoms with Gasteiger partial charge < -0.3 is 10.1 Å². The molecule has 0 fully saturated rings. The Kier molecular flexibility index (Phi) is 7.43. The molecule has 11 heteroatoms. The van der Waals surface area contributed by atoms with Crippen LogP contribution in [0, 0.1) is 5.82 Å². The molecule has 0 bridgehead atoms. The molecule has 0 heterocycles. The minimum Gasteiger partial charge on any atom is -0.454 e. The third-order valence-electron chi connectivity index (χ3n) is 2.90. The summed E-state index contributed by atoms with van der Waals surface area (Å²) in [6.45, 7) is 5.51. The summed E-state index contributed by atoms with van der Waals surface area (Å²) in [5, 5.41) is 4.43. The van der Waals surface area contributed by atoms with Gasteiger partial charge in [-0.25, -0.2) is 17.6 Å². The lowest BCUT2D eigenvalue weighted by molar-refractivity contribution is -0.149. The lowest BCUT2D eigenvalue weighted by Crippen LogP contribution is -2.49. The van der Waals surface area contributed by atoms with Gasteiger partial charge in [-0.05, 0) is 39.8 Å². The van der Waals surface area contributed by atoms with Crippen LogP contribution in [0.15, 0.2) is 29.2 Å². The average molecular weight is 403 g/mol. The van der Waals surface area contributed by atoms with E-state index < -0.39 is 56.8 Å². The van der Waals surface area contributed by atoms with Crippen LogP contribution in [0.2, 0.25) is 0 Å². The molecule has 9 nitrogen and oxygen atoms in total. The number of hydrogen-bond acceptors (Lipinski definition) is 6. The van der Waals surface area contributed by atoms with E-state index in [1.54, 1.807) is 20.8 Å². The number of sulfonamides is 1. The second kappa shape index (κ2) is 8.91. The molecule has 0 spiro atoms. The minimum atomic E-state index is -4.30. The molecule has 150 valence electrons. The molecule has 0 aliphatic rings. The Hall–Kier alpha value is -2.53. The van der Waals surface area contributed by atoms with Gasteiger partial charge in [0, 0.05) is 5.54 Å². The van der Waals surface area contributed by atoms with Crippen molar-refractivity contribution in [2.24, 2.45) is 0 Å². The quantitative estimate of drug-likeness (QED) is 0.598. The molecule has 1 atom stereocenters. The zero-order valence-corrected chi connectivity index (χ0v) is 16.1. The molecule has 0 aliphatic heterocycles. The first-order valence-electron chi connectivity index (χ1n) is 7.87. The summed E-state index contributed by atoms with van der Waals surface area (Å²) in [5.41, 5.74) is -0.569. The highest BCUT2D eigenvalue weighted by Crippen LogP contribution is 2.13. The Morgan fingerprint density at radius 1 is 1.19 bits per heavy atom. The van der Waals surface area contributed by atoms with Crippen LogP contribution in [-0.2, 0) is 24.3 Å². The van der Waals surface area contributed by atoms with Crippen LogP contribution in [0.4, 0.5) is 9.18 Å². The van der Waals surface area contributed by atoms with Crippen LogP contribution < -0.4 is 15.4 Å². The van der Waals surface area contributed by atoms with Crippen LogP contribution in [0.5, 0.6) is 0 Å². The first-order valence-corrected chi connectivity index (χ1v) is 9.35. The van der Waals surface area contributed by atoms with Gasteiger partial charge in [0.15, 0.2) is 6.61 Å². The van der Waals surface area contributed by atoms with Gasteiger partial charge in [-0.2, -0.15) is 4.72 Å². The first kappa shape index (κ1) is 22.5. The topological polar surface area (TPSA) is 131 Å². The predicted octanol–water partition coefficient (Wildman–Crippen LogP) is 0.660. The summed E-state index contributed by atoms with van der Waals surface area (Å²) in [6.07, 6.45) is 0. The van der Waals surface area contributed by atoms with Gasteiger partial charge in [0.2, 0.25) is 10.0 Å². The molecule has 0 saturated heterocycles. The van der Waals surface area contributed by atoms with Gasteiger partial charge in [-0.15, -0.1) is 0 Å². The Morgan fingerprint density at radius 2 is 1.78 bits per heavy atom. The van der Waals surface area contributed by atoms with E-state index in [9.17, 15) is 27.2 Å². The summed E-state index contributed by atoms with van der Waals surface area (Å²) in [7, 11) is -4.30. The number of carbonyl (C=O) groups is 3. The zero-order chi connectivity index (χ0) is 20.8. The molecular formula is C16H22FN3O6S. The van der Waals surface area contributed by atoms with Crippen LogP contribution in [0.3, 0.4) is 0 Å². The third kappa shape index (κ3) is 7.71. The smallest absolute Gasteiger partial charge is 0.324 e. The third-order valence-corrected chi connectivity index (χ3v) is 4.47. The standard InChI is InChI=1S/C16H22FN3O6S/c1-10(20-27(24,25)12-8-6-5-7-11(12)17)14(22)26-9-13(21)18-15(23)19-16(2,3)4/h5-8,10,20H,9H2,1-4H3,(H2,18,19,21,23)/t10-/m0/s1. The van der Waals surface area contributed by atoms with E-state index in [2.05, 4.69) is 10.1 Å². The van der Waals surface area contributed by atoms with Gasteiger partial charge >= 0.3 is 12.0 Å². The molecule has 1 aromatic carbocycles. The lowest BCUT2D eigenvalue weighted by Gasteiger charge is -2.20. The van der Waals surface area contributed by atoms with E-state index in [1.165, 1.54) is 19.1 Å². The molecule has 0 saturated carbocycles. The molecule has 0 unspecified atom stereocenters. The number of esters is 1. The van der Waals surface area contributed by atoms with Crippen molar-refractivity contribution in [2.45, 2.75) is 44.2 Å². The number of ether oxygens (including phenoxy) is 1. The average Bonchev–Trinajstić information content (AvgIpc) is 2.50. The monoisotopic (exact) mass is 403 g/mol. The summed E-state index contributed by atoms with van der Waals surface area (Å²) in [4.78, 5) is 34.3. The number of nitrogens with one attached hydrogen (secondary N) is 3. The molecule has 27 heavy (non-hydrogen) atoms. The highest BCUT2D eigenvalue weighted by atomic mass is 32.2. The molecule has 0 radical (unpaired) electrons. The SMILES string of the molecule is C[C@H](NS(=O)(=O)c1ccccc1F)C(=O)OCC(=O)NC(=O)NC(C)(C)C. The molecule has 0 aliphatic carbocycles. The lowest BCUT2D eigenvalue weighted by atomic mass is 10.1. The molecule has 3 amide bonds. The summed E-state index contributed by atoms with van der Waals surface area (Å²) >= 11 is 0. The van der Waals surface area contributed by atoms with Crippen molar-refractivity contribution >= 4 is 27.9 Å². The van der Waals surface area contributed by atoms with Crippen molar-refractivity contribution < 1.29 is 31.9 Å². The molecule has 1 rings (SSSR count). The maximum atomic E-state index is 13.6. The number of carbonyl (C=O) groups excluding carboxylic acids is 3. The summed E-state index contributed by atoms with van der Waals surface area (Å²) in [5.74, 6) is -2.94. The molecule has 0 aromatic heterocycles.